The minimum absolute atomic E-state index is 1.21. The van der Waals surface area contributed by atoms with Crippen molar-refractivity contribution in [2.45, 2.75) is 65.2 Å². The van der Waals surface area contributed by atoms with Gasteiger partial charge in [-0.05, 0) is 37.0 Å². The highest BCUT2D eigenvalue weighted by Crippen LogP contribution is 2.12. The molecule has 0 spiro atoms. The first-order valence-corrected chi connectivity index (χ1v) is 6.80. The molecule has 0 amide bonds. The SMILES string of the molecule is CCCCCCCCCc1[c]cccc1C. The average molecular weight is 217 g/mol. The Morgan fingerprint density at radius 1 is 1.00 bits per heavy atom. The molecule has 0 atom stereocenters. The van der Waals surface area contributed by atoms with E-state index in [1.54, 1.807) is 0 Å². The van der Waals surface area contributed by atoms with E-state index in [4.69, 9.17) is 0 Å². The molecule has 0 heterocycles. The molecule has 0 heteroatoms. The first-order chi connectivity index (χ1) is 7.84. The topological polar surface area (TPSA) is 0 Å². The highest BCUT2D eigenvalue weighted by atomic mass is 14.0. The molecule has 89 valence electrons. The lowest BCUT2D eigenvalue weighted by Gasteiger charge is -2.04. The predicted octanol–water partition coefficient (Wildman–Crippen LogP) is 5.09. The van der Waals surface area contributed by atoms with Crippen LogP contribution in [0.15, 0.2) is 18.2 Å². The first kappa shape index (κ1) is 13.3. The van der Waals surface area contributed by atoms with Gasteiger partial charge < -0.3 is 0 Å². The molecule has 1 aromatic carbocycles. The van der Waals surface area contributed by atoms with Crippen molar-refractivity contribution in [2.75, 3.05) is 0 Å². The highest BCUT2D eigenvalue weighted by Gasteiger charge is 1.97. The summed E-state index contributed by atoms with van der Waals surface area (Å²) in [6, 6.07) is 9.64. The minimum atomic E-state index is 1.21. The van der Waals surface area contributed by atoms with E-state index in [2.05, 4.69) is 32.0 Å². The van der Waals surface area contributed by atoms with Crippen LogP contribution in [-0.4, -0.2) is 0 Å². The Balaban J connectivity index is 2.05. The molecule has 0 aliphatic carbocycles. The molecule has 1 aromatic rings. The zero-order chi connectivity index (χ0) is 11.6. The van der Waals surface area contributed by atoms with Crippen LogP contribution in [0.2, 0.25) is 0 Å². The molecule has 0 bridgehead atoms. The summed E-state index contributed by atoms with van der Waals surface area (Å²) in [7, 11) is 0. The molecule has 0 N–H and O–H groups in total. The second kappa shape index (κ2) is 8.38. The monoisotopic (exact) mass is 217 g/mol. The Bertz CT molecular complexity index is 275. The van der Waals surface area contributed by atoms with Crippen LogP contribution in [-0.2, 0) is 6.42 Å². The van der Waals surface area contributed by atoms with Crippen molar-refractivity contribution in [2.24, 2.45) is 0 Å². The molecule has 16 heavy (non-hydrogen) atoms. The van der Waals surface area contributed by atoms with Gasteiger partial charge in [-0.25, -0.2) is 0 Å². The van der Waals surface area contributed by atoms with E-state index in [0.29, 0.717) is 0 Å². The molecule has 0 fully saturated rings. The van der Waals surface area contributed by atoms with Crippen molar-refractivity contribution < 1.29 is 0 Å². The molecular formula is C16H25. The molecule has 0 nitrogen and oxygen atoms in total. The maximum Gasteiger partial charge on any atom is -0.0146 e. The largest absolute Gasteiger partial charge is 0.0654 e. The second-order valence-electron chi connectivity index (χ2n) is 4.70. The predicted molar refractivity (Wildman–Crippen MR) is 71.7 cm³/mol. The fourth-order valence-corrected chi connectivity index (χ4v) is 2.08. The summed E-state index contributed by atoms with van der Waals surface area (Å²) < 4.78 is 0. The van der Waals surface area contributed by atoms with E-state index in [0.717, 1.165) is 0 Å². The number of benzene rings is 1. The molecule has 1 rings (SSSR count). The fraction of sp³-hybridized carbons (Fsp3) is 0.625. The lowest BCUT2D eigenvalue weighted by atomic mass is 10.0. The number of unbranched alkanes of at least 4 members (excludes halogenated alkanes) is 6. The molecular weight excluding hydrogens is 192 g/mol. The quantitative estimate of drug-likeness (QED) is 0.532. The fourth-order valence-electron chi connectivity index (χ4n) is 2.08. The third-order valence-corrected chi connectivity index (χ3v) is 3.21. The van der Waals surface area contributed by atoms with Gasteiger partial charge >= 0.3 is 0 Å². The number of hydrogen-bond donors (Lipinski definition) is 0. The minimum Gasteiger partial charge on any atom is -0.0654 e. The van der Waals surface area contributed by atoms with Gasteiger partial charge in [-0.3, -0.25) is 0 Å². The van der Waals surface area contributed by atoms with E-state index in [1.165, 1.54) is 62.5 Å². The van der Waals surface area contributed by atoms with E-state index >= 15 is 0 Å². The van der Waals surface area contributed by atoms with Crippen molar-refractivity contribution in [1.82, 2.24) is 0 Å². The summed E-state index contributed by atoms with van der Waals surface area (Å²) in [5.74, 6) is 0. The van der Waals surface area contributed by atoms with E-state index < -0.39 is 0 Å². The number of rotatable bonds is 8. The van der Waals surface area contributed by atoms with Crippen molar-refractivity contribution in [3.63, 3.8) is 0 Å². The van der Waals surface area contributed by atoms with Crippen LogP contribution in [0.1, 0.15) is 63.0 Å². The smallest absolute Gasteiger partial charge is 0.0146 e. The number of hydrogen-bond acceptors (Lipinski definition) is 0. The van der Waals surface area contributed by atoms with Gasteiger partial charge in [0.2, 0.25) is 0 Å². The van der Waals surface area contributed by atoms with E-state index in [-0.39, 0.29) is 0 Å². The second-order valence-corrected chi connectivity index (χ2v) is 4.70. The molecule has 0 unspecified atom stereocenters. The summed E-state index contributed by atoms with van der Waals surface area (Å²) in [5.41, 5.74) is 2.81. The lowest BCUT2D eigenvalue weighted by Crippen LogP contribution is -1.90. The zero-order valence-electron chi connectivity index (χ0n) is 10.9. The Kier molecular flexibility index (Phi) is 6.96. The van der Waals surface area contributed by atoms with Crippen molar-refractivity contribution in [3.8, 4) is 0 Å². The van der Waals surface area contributed by atoms with E-state index in [9.17, 15) is 0 Å². The third kappa shape index (κ3) is 5.34. The van der Waals surface area contributed by atoms with Gasteiger partial charge in [0.1, 0.15) is 0 Å². The summed E-state index contributed by atoms with van der Waals surface area (Å²) in [6.07, 6.45) is 10.9. The number of aryl methyl sites for hydroxylation is 2. The van der Waals surface area contributed by atoms with Crippen LogP contribution in [0.25, 0.3) is 0 Å². The highest BCUT2D eigenvalue weighted by molar-refractivity contribution is 5.24. The van der Waals surface area contributed by atoms with Gasteiger partial charge in [0, 0.05) is 0 Å². The lowest BCUT2D eigenvalue weighted by molar-refractivity contribution is 0.589. The van der Waals surface area contributed by atoms with Crippen LogP contribution in [0, 0.1) is 13.0 Å². The van der Waals surface area contributed by atoms with Gasteiger partial charge in [0.25, 0.3) is 0 Å². The maximum absolute atomic E-state index is 3.35. The molecule has 0 aliphatic rings. The average Bonchev–Trinajstić information content (AvgIpc) is 2.30. The first-order valence-electron chi connectivity index (χ1n) is 6.80. The van der Waals surface area contributed by atoms with E-state index in [1.807, 2.05) is 6.07 Å². The Labute approximate surface area is 101 Å². The molecule has 0 aliphatic heterocycles. The van der Waals surface area contributed by atoms with Crippen molar-refractivity contribution >= 4 is 0 Å². The molecule has 0 saturated heterocycles. The Morgan fingerprint density at radius 3 is 2.38 bits per heavy atom. The molecule has 0 saturated carbocycles. The standard InChI is InChI=1S/C16H25/c1-3-4-5-6-7-8-9-13-16-14-11-10-12-15(16)2/h10-12H,3-9,13H2,1-2H3. The maximum atomic E-state index is 3.35. The zero-order valence-corrected chi connectivity index (χ0v) is 10.9. The van der Waals surface area contributed by atoms with Crippen LogP contribution >= 0.6 is 0 Å². The van der Waals surface area contributed by atoms with Crippen LogP contribution in [0.4, 0.5) is 0 Å². The molecule has 1 radical (unpaired) electrons. The summed E-state index contributed by atoms with van der Waals surface area (Å²) >= 11 is 0. The van der Waals surface area contributed by atoms with Crippen molar-refractivity contribution in [1.29, 1.82) is 0 Å². The summed E-state index contributed by atoms with van der Waals surface area (Å²) in [4.78, 5) is 0. The van der Waals surface area contributed by atoms with Gasteiger partial charge in [-0.2, -0.15) is 0 Å². The van der Waals surface area contributed by atoms with Crippen molar-refractivity contribution in [3.05, 3.63) is 35.4 Å². The van der Waals surface area contributed by atoms with Crippen LogP contribution in [0.3, 0.4) is 0 Å². The molecule has 0 aromatic heterocycles. The van der Waals surface area contributed by atoms with Crippen LogP contribution < -0.4 is 0 Å². The summed E-state index contributed by atoms with van der Waals surface area (Å²) in [6.45, 7) is 4.46. The Morgan fingerprint density at radius 2 is 1.69 bits per heavy atom. The van der Waals surface area contributed by atoms with Crippen LogP contribution in [0.5, 0.6) is 0 Å². The summed E-state index contributed by atoms with van der Waals surface area (Å²) in [5, 5.41) is 0. The third-order valence-electron chi connectivity index (χ3n) is 3.21. The normalized spacial score (nSPS) is 10.6. The van der Waals surface area contributed by atoms with Gasteiger partial charge in [-0.1, -0.05) is 63.6 Å². The van der Waals surface area contributed by atoms with Gasteiger partial charge in [0.05, 0.1) is 0 Å². The van der Waals surface area contributed by atoms with Gasteiger partial charge in [-0.15, -0.1) is 0 Å². The Hall–Kier alpha value is -0.780. The van der Waals surface area contributed by atoms with Gasteiger partial charge in [0.15, 0.2) is 0 Å².